The lowest BCUT2D eigenvalue weighted by atomic mass is 10.1. The first-order chi connectivity index (χ1) is 12.0. The molecule has 3 rings (SSSR count). The van der Waals surface area contributed by atoms with E-state index in [0.29, 0.717) is 18.0 Å². The number of hydrogen-bond acceptors (Lipinski definition) is 6. The van der Waals surface area contributed by atoms with E-state index in [9.17, 15) is 4.79 Å². The van der Waals surface area contributed by atoms with Gasteiger partial charge in [-0.15, -0.1) is 11.8 Å². The molecule has 1 aliphatic heterocycles. The molecule has 2 heterocycles. The summed E-state index contributed by atoms with van der Waals surface area (Å²) in [6, 6.07) is 6.05. The predicted molar refractivity (Wildman–Crippen MR) is 98.6 cm³/mol. The van der Waals surface area contributed by atoms with E-state index < -0.39 is 0 Å². The molecule has 2 aromatic rings. The van der Waals surface area contributed by atoms with Gasteiger partial charge in [0, 0.05) is 5.75 Å². The van der Waals surface area contributed by atoms with Gasteiger partial charge in [-0.2, -0.15) is 9.36 Å². The van der Waals surface area contributed by atoms with Crippen LogP contribution in [0.25, 0.3) is 5.69 Å². The minimum atomic E-state index is -0.162. The van der Waals surface area contributed by atoms with Gasteiger partial charge in [-0.3, -0.25) is 4.79 Å². The van der Waals surface area contributed by atoms with Gasteiger partial charge in [-0.25, -0.2) is 0 Å². The number of ether oxygens (including phenoxy) is 1. The summed E-state index contributed by atoms with van der Waals surface area (Å²) in [5.41, 5.74) is 3.28. The third kappa shape index (κ3) is 3.78. The quantitative estimate of drug-likeness (QED) is 0.617. The van der Waals surface area contributed by atoms with E-state index in [1.807, 2.05) is 12.1 Å². The van der Waals surface area contributed by atoms with Crippen molar-refractivity contribution in [3.63, 3.8) is 0 Å². The van der Waals surface area contributed by atoms with E-state index in [4.69, 9.17) is 17.0 Å². The Kier molecular flexibility index (Phi) is 5.55. The van der Waals surface area contributed by atoms with E-state index in [-0.39, 0.29) is 11.2 Å². The molecule has 0 aliphatic carbocycles. The van der Waals surface area contributed by atoms with Gasteiger partial charge in [0.05, 0.1) is 19.3 Å². The number of carbonyl (C=O) groups excluding carboxylic acids is 1. The first-order valence-electron chi connectivity index (χ1n) is 8.13. The zero-order valence-electron chi connectivity index (χ0n) is 14.6. The summed E-state index contributed by atoms with van der Waals surface area (Å²) in [4.78, 5) is 13.0. The number of rotatable bonds is 4. The van der Waals surface area contributed by atoms with Gasteiger partial charge in [0.15, 0.2) is 11.9 Å². The van der Waals surface area contributed by atoms with Crippen LogP contribution < -0.4 is 4.90 Å². The highest BCUT2D eigenvalue weighted by Crippen LogP contribution is 2.16. The summed E-state index contributed by atoms with van der Waals surface area (Å²) in [5, 5.41) is 8.34. The molecular formula is C16H22N5O2S2+. The number of carbonyl (C=O) groups is 1. The van der Waals surface area contributed by atoms with Crippen molar-refractivity contribution < 1.29 is 14.4 Å². The Morgan fingerprint density at radius 1 is 1.44 bits per heavy atom. The number of methoxy groups -OCH3 is 1. The predicted octanol–water partition coefficient (Wildman–Crippen LogP) is 0.546. The molecule has 0 saturated carbocycles. The molecule has 9 heteroatoms. The molecule has 0 amide bonds. The Morgan fingerprint density at radius 3 is 3.00 bits per heavy atom. The number of quaternary nitrogens is 1. The topological polar surface area (TPSA) is 66.4 Å². The van der Waals surface area contributed by atoms with Crippen molar-refractivity contribution in [2.75, 3.05) is 26.0 Å². The van der Waals surface area contributed by atoms with Crippen LogP contribution in [0.1, 0.15) is 11.1 Å². The van der Waals surface area contributed by atoms with Crippen molar-refractivity contribution in [1.82, 2.24) is 19.8 Å². The molecule has 1 saturated heterocycles. The van der Waals surface area contributed by atoms with Gasteiger partial charge in [0.2, 0.25) is 4.77 Å². The van der Waals surface area contributed by atoms with E-state index in [1.165, 1.54) is 17.6 Å². The Balaban J connectivity index is 1.79. The van der Waals surface area contributed by atoms with Gasteiger partial charge in [0.25, 0.3) is 0 Å². The van der Waals surface area contributed by atoms with Crippen LogP contribution in [0.2, 0.25) is 0 Å². The van der Waals surface area contributed by atoms with E-state index >= 15 is 0 Å². The normalized spacial score (nSPS) is 20.4. The number of aromatic nitrogens is 4. The molecular weight excluding hydrogens is 358 g/mol. The van der Waals surface area contributed by atoms with Crippen molar-refractivity contribution in [3.8, 4) is 5.69 Å². The van der Waals surface area contributed by atoms with Crippen LogP contribution >= 0.6 is 24.0 Å². The fraction of sp³-hybridized carbons (Fsp3) is 0.500. The van der Waals surface area contributed by atoms with Crippen LogP contribution in [0.3, 0.4) is 0 Å². The van der Waals surface area contributed by atoms with Gasteiger partial charge in [0.1, 0.15) is 6.54 Å². The minimum absolute atomic E-state index is 0.128. The maximum absolute atomic E-state index is 11.8. The molecule has 1 N–H and O–H groups in total. The molecule has 134 valence electrons. The molecule has 0 spiro atoms. The molecule has 1 unspecified atom stereocenters. The molecule has 25 heavy (non-hydrogen) atoms. The number of nitrogens with zero attached hydrogens (tertiary/aromatic N) is 4. The summed E-state index contributed by atoms with van der Waals surface area (Å²) < 4.78 is 8.86. The zero-order valence-corrected chi connectivity index (χ0v) is 16.2. The lowest BCUT2D eigenvalue weighted by molar-refractivity contribution is -0.921. The average Bonchev–Trinajstić information content (AvgIpc) is 2.97. The fourth-order valence-corrected chi connectivity index (χ4v) is 4.41. The molecule has 1 aliphatic rings. The Bertz CT molecular complexity index is 832. The van der Waals surface area contributed by atoms with Crippen LogP contribution in [0.5, 0.6) is 0 Å². The van der Waals surface area contributed by atoms with Crippen LogP contribution in [0, 0.1) is 18.6 Å². The monoisotopic (exact) mass is 380 g/mol. The smallest absolute Gasteiger partial charge is 0.324 e. The molecule has 0 bridgehead atoms. The highest BCUT2D eigenvalue weighted by molar-refractivity contribution is 8.00. The number of tetrazole rings is 1. The van der Waals surface area contributed by atoms with Crippen LogP contribution in [-0.4, -0.2) is 57.0 Å². The SMILES string of the molecule is COC(=O)[C@H]1C[NH+](Cn2nnn(-c3cccc(C)c3C)c2=S)CCS1. The first kappa shape index (κ1) is 18.1. The Hall–Kier alpha value is -1.71. The van der Waals surface area contributed by atoms with E-state index in [2.05, 4.69) is 30.3 Å². The van der Waals surface area contributed by atoms with Gasteiger partial charge in [-0.05, 0) is 53.7 Å². The summed E-state index contributed by atoms with van der Waals surface area (Å²) in [7, 11) is 1.43. The average molecular weight is 381 g/mol. The van der Waals surface area contributed by atoms with Crippen LogP contribution in [0.4, 0.5) is 0 Å². The second-order valence-corrected chi connectivity index (χ2v) is 7.81. The number of aryl methyl sites for hydroxylation is 1. The second-order valence-electron chi connectivity index (χ2n) is 6.14. The zero-order chi connectivity index (χ0) is 18.0. The number of benzene rings is 1. The summed E-state index contributed by atoms with van der Waals surface area (Å²) in [5.74, 6) is 0.748. The summed E-state index contributed by atoms with van der Waals surface area (Å²) in [6.45, 7) is 6.37. The van der Waals surface area contributed by atoms with Gasteiger partial charge in [-0.1, -0.05) is 12.1 Å². The molecule has 0 radical (unpaired) electrons. The Morgan fingerprint density at radius 2 is 2.24 bits per heavy atom. The molecule has 1 aromatic carbocycles. The molecule has 2 atom stereocenters. The van der Waals surface area contributed by atoms with Crippen molar-refractivity contribution in [2.24, 2.45) is 0 Å². The highest BCUT2D eigenvalue weighted by Gasteiger charge is 2.30. The lowest BCUT2D eigenvalue weighted by Gasteiger charge is -2.27. The second kappa shape index (κ2) is 7.67. The van der Waals surface area contributed by atoms with Crippen molar-refractivity contribution in [3.05, 3.63) is 34.1 Å². The molecule has 7 nitrogen and oxygen atoms in total. The van der Waals surface area contributed by atoms with E-state index in [1.54, 1.807) is 21.1 Å². The van der Waals surface area contributed by atoms with Crippen molar-refractivity contribution >= 4 is 29.9 Å². The fourth-order valence-electron chi connectivity index (χ4n) is 2.90. The number of nitrogens with one attached hydrogen (secondary N) is 1. The number of esters is 1. The maximum atomic E-state index is 11.8. The third-order valence-corrected chi connectivity index (χ3v) is 6.11. The van der Waals surface area contributed by atoms with Crippen LogP contribution in [0.15, 0.2) is 18.2 Å². The molecule has 1 fully saturated rings. The van der Waals surface area contributed by atoms with Crippen molar-refractivity contribution in [2.45, 2.75) is 25.8 Å². The van der Waals surface area contributed by atoms with Gasteiger partial charge < -0.3 is 9.64 Å². The molecule has 1 aromatic heterocycles. The standard InChI is InChI=1S/C16H21N5O2S2/c1-11-5-4-6-13(12(11)2)21-16(24)20(17-18-21)10-19-7-8-25-14(9-19)15(22)23-3/h4-6,14H,7-10H2,1-3H3/p+1/t14-/m1/s1. The summed E-state index contributed by atoms with van der Waals surface area (Å²) in [6.07, 6.45) is 0. The van der Waals surface area contributed by atoms with Crippen LogP contribution in [-0.2, 0) is 16.2 Å². The Labute approximate surface area is 155 Å². The number of hydrogen-bond donors (Lipinski definition) is 1. The first-order valence-corrected chi connectivity index (χ1v) is 9.59. The summed E-state index contributed by atoms with van der Waals surface area (Å²) >= 11 is 7.22. The van der Waals surface area contributed by atoms with Crippen molar-refractivity contribution in [1.29, 1.82) is 0 Å². The highest BCUT2D eigenvalue weighted by atomic mass is 32.2. The van der Waals surface area contributed by atoms with E-state index in [0.717, 1.165) is 23.5 Å². The lowest BCUT2D eigenvalue weighted by Crippen LogP contribution is -3.14. The maximum Gasteiger partial charge on any atom is 0.324 e. The van der Waals surface area contributed by atoms with Gasteiger partial charge >= 0.3 is 5.97 Å². The number of thioether (sulfide) groups is 1. The third-order valence-electron chi connectivity index (χ3n) is 4.53. The largest absolute Gasteiger partial charge is 0.468 e. The minimum Gasteiger partial charge on any atom is -0.468 e.